The van der Waals surface area contributed by atoms with Crippen molar-refractivity contribution in [2.24, 2.45) is 0 Å². The van der Waals surface area contributed by atoms with Crippen LogP contribution in [0.2, 0.25) is 0 Å². The molecule has 0 radical (unpaired) electrons. The Hall–Kier alpha value is -2.37. The first-order chi connectivity index (χ1) is 29.0. The van der Waals surface area contributed by atoms with E-state index in [0.717, 1.165) is 77.0 Å². The van der Waals surface area contributed by atoms with Crippen molar-refractivity contribution in [2.45, 2.75) is 271 Å². The predicted molar refractivity (Wildman–Crippen MR) is 252 cm³/mol. The fourth-order valence-electron chi connectivity index (χ4n) is 7.23. The van der Waals surface area contributed by atoms with Gasteiger partial charge in [0.15, 0.2) is 6.10 Å². The van der Waals surface area contributed by atoms with Gasteiger partial charge in [-0.15, -0.1) is 0 Å². The Bertz CT molecular complexity index is 1000. The average Bonchev–Trinajstić information content (AvgIpc) is 3.23. The Morgan fingerprint density at radius 1 is 0.339 bits per heavy atom. The fraction of sp³-hybridized carbons (Fsp3) is 0.830. The largest absolute Gasteiger partial charge is 0.462 e. The van der Waals surface area contributed by atoms with Crippen LogP contribution in [0.25, 0.3) is 0 Å². The normalized spacial score (nSPS) is 12.3. The van der Waals surface area contributed by atoms with Crippen LogP contribution < -0.4 is 0 Å². The van der Waals surface area contributed by atoms with Gasteiger partial charge in [-0.05, 0) is 77.0 Å². The molecule has 0 saturated heterocycles. The maximum atomic E-state index is 12.7. The van der Waals surface area contributed by atoms with Crippen LogP contribution in [0.5, 0.6) is 0 Å². The highest BCUT2D eigenvalue weighted by Gasteiger charge is 2.19. The molecule has 0 aromatic rings. The van der Waals surface area contributed by atoms with Gasteiger partial charge in [0.2, 0.25) is 0 Å². The van der Waals surface area contributed by atoms with Crippen LogP contribution in [-0.4, -0.2) is 37.2 Å². The van der Waals surface area contributed by atoms with Crippen LogP contribution >= 0.6 is 0 Å². The summed E-state index contributed by atoms with van der Waals surface area (Å²) in [6, 6.07) is 0. The van der Waals surface area contributed by atoms with E-state index in [-0.39, 0.29) is 31.1 Å². The maximum Gasteiger partial charge on any atom is 0.306 e. The minimum atomic E-state index is -0.772. The summed E-state index contributed by atoms with van der Waals surface area (Å²) in [4.78, 5) is 37.6. The molecule has 344 valence electrons. The monoisotopic (exact) mass is 829 g/mol. The molecule has 0 aliphatic rings. The molecule has 59 heavy (non-hydrogen) atoms. The van der Waals surface area contributed by atoms with E-state index >= 15 is 0 Å². The second-order valence-corrected chi connectivity index (χ2v) is 17.1. The molecule has 0 heterocycles. The Balaban J connectivity index is 4.17. The zero-order valence-corrected chi connectivity index (χ0v) is 39.3. The van der Waals surface area contributed by atoms with E-state index in [9.17, 15) is 14.4 Å². The van der Waals surface area contributed by atoms with Crippen molar-refractivity contribution in [1.29, 1.82) is 0 Å². The molecule has 6 heteroatoms. The van der Waals surface area contributed by atoms with Crippen molar-refractivity contribution in [3.8, 4) is 0 Å². The Morgan fingerprint density at radius 2 is 0.610 bits per heavy atom. The van der Waals surface area contributed by atoms with Crippen LogP contribution in [0.15, 0.2) is 36.5 Å². The van der Waals surface area contributed by atoms with Crippen LogP contribution in [0.4, 0.5) is 0 Å². The molecular formula is C53H96O6. The van der Waals surface area contributed by atoms with Crippen molar-refractivity contribution >= 4 is 17.9 Å². The van der Waals surface area contributed by atoms with E-state index in [1.54, 1.807) is 0 Å². The van der Waals surface area contributed by atoms with E-state index in [1.165, 1.54) is 148 Å². The Morgan fingerprint density at radius 3 is 0.966 bits per heavy atom. The van der Waals surface area contributed by atoms with Gasteiger partial charge in [-0.2, -0.15) is 0 Å². The summed E-state index contributed by atoms with van der Waals surface area (Å²) in [5.41, 5.74) is 0. The summed E-state index contributed by atoms with van der Waals surface area (Å²) in [6.07, 6.45) is 55.9. The number of hydrogen-bond donors (Lipinski definition) is 0. The highest BCUT2D eigenvalue weighted by Crippen LogP contribution is 2.14. The van der Waals surface area contributed by atoms with Crippen LogP contribution in [0.3, 0.4) is 0 Å². The molecule has 0 spiro atoms. The van der Waals surface area contributed by atoms with Gasteiger partial charge in [0.1, 0.15) is 13.2 Å². The molecule has 1 unspecified atom stereocenters. The third kappa shape index (κ3) is 46.5. The first-order valence-electron chi connectivity index (χ1n) is 25.5. The number of ether oxygens (including phenoxy) is 3. The molecule has 0 aliphatic carbocycles. The molecule has 0 N–H and O–H groups in total. The summed E-state index contributed by atoms with van der Waals surface area (Å²) >= 11 is 0. The van der Waals surface area contributed by atoms with Gasteiger partial charge in [-0.25, -0.2) is 0 Å². The lowest BCUT2D eigenvalue weighted by Crippen LogP contribution is -2.30. The van der Waals surface area contributed by atoms with E-state index < -0.39 is 6.10 Å². The zero-order chi connectivity index (χ0) is 43.0. The number of hydrogen-bond acceptors (Lipinski definition) is 6. The molecule has 0 bridgehead atoms. The summed E-state index contributed by atoms with van der Waals surface area (Å²) < 4.78 is 16.7. The Labute approximate surface area is 365 Å². The summed E-state index contributed by atoms with van der Waals surface area (Å²) in [5, 5.41) is 0. The van der Waals surface area contributed by atoms with E-state index in [4.69, 9.17) is 14.2 Å². The molecule has 6 nitrogen and oxygen atoms in total. The minimum Gasteiger partial charge on any atom is -0.462 e. The van der Waals surface area contributed by atoms with Crippen LogP contribution in [-0.2, 0) is 28.6 Å². The lowest BCUT2D eigenvalue weighted by atomic mass is 10.1. The molecule has 1 atom stereocenters. The van der Waals surface area contributed by atoms with Gasteiger partial charge >= 0.3 is 17.9 Å². The van der Waals surface area contributed by atoms with Gasteiger partial charge < -0.3 is 14.2 Å². The fourth-order valence-corrected chi connectivity index (χ4v) is 7.23. The second kappa shape index (κ2) is 48.3. The van der Waals surface area contributed by atoms with E-state index in [0.29, 0.717) is 19.3 Å². The van der Waals surface area contributed by atoms with E-state index in [2.05, 4.69) is 57.2 Å². The van der Waals surface area contributed by atoms with Crippen LogP contribution in [0.1, 0.15) is 265 Å². The third-order valence-corrected chi connectivity index (χ3v) is 11.1. The quantitative estimate of drug-likeness (QED) is 0.0263. The summed E-state index contributed by atoms with van der Waals surface area (Å²) in [7, 11) is 0. The van der Waals surface area contributed by atoms with E-state index in [1.807, 2.05) is 0 Å². The van der Waals surface area contributed by atoms with Crippen molar-refractivity contribution in [2.75, 3.05) is 13.2 Å². The average molecular weight is 829 g/mol. The third-order valence-electron chi connectivity index (χ3n) is 11.1. The SMILES string of the molecule is CCCCCC/C=C\C/C=C\CCCCCCCCCC(=O)OCC(COC(=O)CCCCCCC)OC(=O)CCCCCCCCC/C=C\CCCCCCCCC. The second-order valence-electron chi connectivity index (χ2n) is 17.1. The number of unbranched alkanes of at least 4 members (excludes halogenated alkanes) is 29. The number of carbonyl (C=O) groups excluding carboxylic acids is 3. The number of allylic oxidation sites excluding steroid dienone is 6. The minimum absolute atomic E-state index is 0.0762. The first-order valence-corrected chi connectivity index (χ1v) is 25.5. The molecule has 0 aromatic carbocycles. The van der Waals surface area contributed by atoms with Gasteiger partial charge in [-0.3, -0.25) is 14.4 Å². The molecular weight excluding hydrogens is 733 g/mol. The smallest absolute Gasteiger partial charge is 0.306 e. The lowest BCUT2D eigenvalue weighted by molar-refractivity contribution is -0.167. The van der Waals surface area contributed by atoms with Crippen molar-refractivity contribution < 1.29 is 28.6 Å². The summed E-state index contributed by atoms with van der Waals surface area (Å²) in [5.74, 6) is -0.895. The predicted octanol–water partition coefficient (Wildman–Crippen LogP) is 16.5. The van der Waals surface area contributed by atoms with Gasteiger partial charge in [0.05, 0.1) is 0 Å². The maximum absolute atomic E-state index is 12.7. The van der Waals surface area contributed by atoms with Gasteiger partial charge in [0, 0.05) is 19.3 Å². The number of rotatable bonds is 46. The van der Waals surface area contributed by atoms with Crippen molar-refractivity contribution in [3.63, 3.8) is 0 Å². The van der Waals surface area contributed by atoms with Crippen molar-refractivity contribution in [1.82, 2.24) is 0 Å². The zero-order valence-electron chi connectivity index (χ0n) is 39.3. The van der Waals surface area contributed by atoms with Crippen molar-refractivity contribution in [3.05, 3.63) is 36.5 Å². The molecule has 0 saturated carbocycles. The number of esters is 3. The molecule has 0 amide bonds. The lowest BCUT2D eigenvalue weighted by Gasteiger charge is -2.18. The van der Waals surface area contributed by atoms with Gasteiger partial charge in [0.25, 0.3) is 0 Å². The molecule has 0 aliphatic heterocycles. The molecule has 0 rings (SSSR count). The highest BCUT2D eigenvalue weighted by molar-refractivity contribution is 5.71. The summed E-state index contributed by atoms with van der Waals surface area (Å²) in [6.45, 7) is 6.54. The standard InChI is InChI=1S/C53H96O6/c1-4-7-10-13-15-17-19-21-23-25-27-29-31-33-35-37-40-43-46-52(55)58-49-50(48-57-51(54)45-42-39-12-9-6-3)59-53(56)47-44-41-38-36-34-32-30-28-26-24-22-20-18-16-14-11-8-5-2/h17,19,23-26,50H,4-16,18,20-22,27-49H2,1-3H3/b19-17-,25-23-,26-24-. The first kappa shape index (κ1) is 56.6. The van der Waals surface area contributed by atoms with Crippen LogP contribution in [0, 0.1) is 0 Å². The highest BCUT2D eigenvalue weighted by atomic mass is 16.6. The Kier molecular flexibility index (Phi) is 46.4. The molecule has 0 fully saturated rings. The topological polar surface area (TPSA) is 78.9 Å². The van der Waals surface area contributed by atoms with Gasteiger partial charge in [-0.1, -0.05) is 205 Å². The number of carbonyl (C=O) groups is 3. The molecule has 0 aromatic heterocycles.